The zero-order valence-electron chi connectivity index (χ0n) is 11.2. The smallest absolute Gasteiger partial charge is 0.259 e. The Bertz CT molecular complexity index is 629. The molecule has 2 atom stereocenters. The molecular formula is C14H15N3O4. The largest absolute Gasteiger partial charge is 0.364 e. The van der Waals surface area contributed by atoms with E-state index in [0.29, 0.717) is 24.2 Å². The number of amides is 3. The molecule has 110 valence electrons. The summed E-state index contributed by atoms with van der Waals surface area (Å²) in [5.74, 6) is -1.14. The molecule has 1 aromatic carbocycles. The number of nitrogens with two attached hydrogens (primary N) is 1. The number of hydrogen-bond acceptors (Lipinski definition) is 5. The van der Waals surface area contributed by atoms with Gasteiger partial charge in [-0.25, -0.2) is 0 Å². The molecular weight excluding hydrogens is 274 g/mol. The summed E-state index contributed by atoms with van der Waals surface area (Å²) in [6, 6.07) is 4.59. The van der Waals surface area contributed by atoms with Gasteiger partial charge in [0.25, 0.3) is 17.7 Å². The van der Waals surface area contributed by atoms with Crippen LogP contribution in [0, 0.1) is 0 Å². The molecule has 0 aromatic heterocycles. The Hall–Kier alpha value is -2.25. The number of fused-ring (bicyclic) bond motifs is 1. The molecule has 3 rings (SSSR count). The van der Waals surface area contributed by atoms with Crippen LogP contribution in [0.3, 0.4) is 0 Å². The lowest BCUT2D eigenvalue weighted by molar-refractivity contribution is -0.126. The van der Waals surface area contributed by atoms with Crippen molar-refractivity contribution in [3.8, 4) is 0 Å². The van der Waals surface area contributed by atoms with Gasteiger partial charge in [-0.2, -0.15) is 0 Å². The van der Waals surface area contributed by atoms with E-state index in [9.17, 15) is 14.4 Å². The van der Waals surface area contributed by atoms with Gasteiger partial charge in [0.15, 0.2) is 0 Å². The molecule has 1 fully saturated rings. The predicted octanol–water partition coefficient (Wildman–Crippen LogP) is 0.0150. The zero-order valence-corrected chi connectivity index (χ0v) is 11.2. The maximum atomic E-state index is 12.1. The molecule has 4 N–H and O–H groups in total. The summed E-state index contributed by atoms with van der Waals surface area (Å²) >= 11 is 0. The predicted molar refractivity (Wildman–Crippen MR) is 73.8 cm³/mol. The second kappa shape index (κ2) is 5.27. The van der Waals surface area contributed by atoms with Gasteiger partial charge >= 0.3 is 0 Å². The second-order valence-corrected chi connectivity index (χ2v) is 5.09. The van der Waals surface area contributed by atoms with Crippen molar-refractivity contribution in [2.45, 2.75) is 25.0 Å². The Labute approximate surface area is 120 Å². The fraction of sp³-hybridized carbons (Fsp3) is 0.357. The monoisotopic (exact) mass is 289 g/mol. The van der Waals surface area contributed by atoms with Gasteiger partial charge in [-0.3, -0.25) is 19.7 Å². The van der Waals surface area contributed by atoms with Crippen LogP contribution in [0.25, 0.3) is 0 Å². The number of carbonyl (C=O) groups is 3. The quantitative estimate of drug-likeness (QED) is 0.679. The van der Waals surface area contributed by atoms with Crippen molar-refractivity contribution in [1.82, 2.24) is 5.32 Å². The first-order chi connectivity index (χ1) is 10.1. The van der Waals surface area contributed by atoms with Crippen LogP contribution >= 0.6 is 0 Å². The van der Waals surface area contributed by atoms with E-state index in [4.69, 9.17) is 10.5 Å². The lowest BCUT2D eigenvalue weighted by atomic mass is 10.1. The highest BCUT2D eigenvalue weighted by molar-refractivity contribution is 6.22. The average Bonchev–Trinajstić information content (AvgIpc) is 3.05. The maximum absolute atomic E-state index is 12.1. The first-order valence-corrected chi connectivity index (χ1v) is 6.74. The summed E-state index contributed by atoms with van der Waals surface area (Å²) in [6.45, 7) is 0.394. The van der Waals surface area contributed by atoms with Gasteiger partial charge in [0.05, 0.1) is 17.2 Å². The van der Waals surface area contributed by atoms with E-state index < -0.39 is 17.9 Å². The van der Waals surface area contributed by atoms with Gasteiger partial charge in [0, 0.05) is 12.2 Å². The standard InChI is InChI=1S/C14H15N3O4/c15-6-8-2-4-11(21-8)14(20)16-7-1-3-9-10(5-7)13(19)17-12(9)18/h1,3,5,8,11H,2,4,6,15H2,(H,16,20)(H,17,18,19). The first kappa shape index (κ1) is 13.7. The van der Waals surface area contributed by atoms with Crippen LogP contribution in [0.2, 0.25) is 0 Å². The molecule has 3 amide bonds. The number of carbonyl (C=O) groups excluding carboxylic acids is 3. The van der Waals surface area contributed by atoms with E-state index in [1.54, 1.807) is 6.07 Å². The molecule has 21 heavy (non-hydrogen) atoms. The SMILES string of the molecule is NCC1CCC(C(=O)Nc2ccc3c(c2)C(=O)NC3=O)O1. The average molecular weight is 289 g/mol. The van der Waals surface area contributed by atoms with Gasteiger partial charge in [-0.15, -0.1) is 0 Å². The molecule has 2 heterocycles. The topological polar surface area (TPSA) is 111 Å². The number of ether oxygens (including phenoxy) is 1. The van der Waals surface area contributed by atoms with Gasteiger partial charge < -0.3 is 15.8 Å². The van der Waals surface area contributed by atoms with Crippen LogP contribution in [0.4, 0.5) is 5.69 Å². The van der Waals surface area contributed by atoms with Crippen LogP contribution in [0.5, 0.6) is 0 Å². The molecule has 0 bridgehead atoms. The van der Waals surface area contributed by atoms with Crippen molar-refractivity contribution in [3.05, 3.63) is 29.3 Å². The number of benzene rings is 1. The van der Waals surface area contributed by atoms with Gasteiger partial charge in [-0.05, 0) is 31.0 Å². The van der Waals surface area contributed by atoms with Crippen LogP contribution in [-0.2, 0) is 9.53 Å². The minimum absolute atomic E-state index is 0.0795. The molecule has 0 aliphatic carbocycles. The van der Waals surface area contributed by atoms with Crippen LogP contribution in [0.15, 0.2) is 18.2 Å². The highest BCUT2D eigenvalue weighted by Crippen LogP contribution is 2.23. The van der Waals surface area contributed by atoms with Gasteiger partial charge in [0.2, 0.25) is 0 Å². The third-order valence-electron chi connectivity index (χ3n) is 3.67. The van der Waals surface area contributed by atoms with E-state index in [-0.39, 0.29) is 17.6 Å². The maximum Gasteiger partial charge on any atom is 0.259 e. The normalized spacial score (nSPS) is 23.9. The minimum atomic E-state index is -0.526. The second-order valence-electron chi connectivity index (χ2n) is 5.09. The van der Waals surface area contributed by atoms with Crippen molar-refractivity contribution >= 4 is 23.4 Å². The Balaban J connectivity index is 1.72. The highest BCUT2D eigenvalue weighted by atomic mass is 16.5. The fourth-order valence-corrected chi connectivity index (χ4v) is 2.54. The van der Waals surface area contributed by atoms with E-state index in [1.165, 1.54) is 12.1 Å². The first-order valence-electron chi connectivity index (χ1n) is 6.74. The van der Waals surface area contributed by atoms with Crippen molar-refractivity contribution in [2.24, 2.45) is 5.73 Å². The third-order valence-corrected chi connectivity index (χ3v) is 3.67. The third kappa shape index (κ3) is 2.53. The summed E-state index contributed by atoms with van der Waals surface area (Å²) in [5.41, 5.74) is 6.55. The minimum Gasteiger partial charge on any atom is -0.364 e. The Kier molecular flexibility index (Phi) is 3.44. The van der Waals surface area contributed by atoms with Crippen LogP contribution in [0.1, 0.15) is 33.6 Å². The Morgan fingerprint density at radius 3 is 2.76 bits per heavy atom. The molecule has 0 saturated carbocycles. The van der Waals surface area contributed by atoms with Crippen molar-refractivity contribution in [1.29, 1.82) is 0 Å². The zero-order chi connectivity index (χ0) is 15.0. The number of nitrogens with one attached hydrogen (secondary N) is 2. The van der Waals surface area contributed by atoms with Gasteiger partial charge in [0.1, 0.15) is 6.10 Å². The van der Waals surface area contributed by atoms with E-state index >= 15 is 0 Å². The highest BCUT2D eigenvalue weighted by Gasteiger charge is 2.31. The molecule has 0 spiro atoms. The van der Waals surface area contributed by atoms with E-state index in [1.807, 2.05) is 0 Å². The van der Waals surface area contributed by atoms with Crippen molar-refractivity contribution < 1.29 is 19.1 Å². The number of rotatable bonds is 3. The summed E-state index contributed by atoms with van der Waals surface area (Å²) in [4.78, 5) is 35.1. The molecule has 2 aliphatic heterocycles. The molecule has 7 heteroatoms. The van der Waals surface area contributed by atoms with Crippen molar-refractivity contribution in [3.63, 3.8) is 0 Å². The van der Waals surface area contributed by atoms with Crippen LogP contribution < -0.4 is 16.4 Å². The van der Waals surface area contributed by atoms with Crippen LogP contribution in [-0.4, -0.2) is 36.5 Å². The molecule has 2 unspecified atom stereocenters. The molecule has 1 aromatic rings. The fourth-order valence-electron chi connectivity index (χ4n) is 2.54. The molecule has 1 saturated heterocycles. The number of imide groups is 1. The molecule has 0 radical (unpaired) electrons. The van der Waals surface area contributed by atoms with E-state index in [2.05, 4.69) is 10.6 Å². The Morgan fingerprint density at radius 1 is 1.29 bits per heavy atom. The lowest BCUT2D eigenvalue weighted by Gasteiger charge is -2.13. The number of hydrogen-bond donors (Lipinski definition) is 3. The van der Waals surface area contributed by atoms with Crippen molar-refractivity contribution in [2.75, 3.05) is 11.9 Å². The summed E-state index contributed by atoms with van der Waals surface area (Å²) < 4.78 is 5.50. The van der Waals surface area contributed by atoms with E-state index in [0.717, 1.165) is 6.42 Å². The summed E-state index contributed by atoms with van der Waals surface area (Å²) in [6.07, 6.45) is 0.777. The van der Waals surface area contributed by atoms with Gasteiger partial charge in [-0.1, -0.05) is 0 Å². The Morgan fingerprint density at radius 2 is 2.05 bits per heavy atom. The summed E-state index contributed by atoms with van der Waals surface area (Å²) in [5, 5.41) is 4.90. The molecule has 2 aliphatic rings. The molecule has 7 nitrogen and oxygen atoms in total. The number of anilines is 1. The summed E-state index contributed by atoms with van der Waals surface area (Å²) in [7, 11) is 0. The lowest BCUT2D eigenvalue weighted by Crippen LogP contribution is -2.29.